The molecule has 25 heavy (non-hydrogen) atoms. The van der Waals surface area contributed by atoms with Crippen molar-refractivity contribution in [1.29, 1.82) is 0 Å². The second-order valence-corrected chi connectivity index (χ2v) is 5.84. The average Bonchev–Trinajstić information content (AvgIpc) is 2.63. The molecule has 0 aliphatic carbocycles. The molecular formula is C20H22N4O. The van der Waals surface area contributed by atoms with E-state index in [0.717, 1.165) is 29.9 Å². The van der Waals surface area contributed by atoms with E-state index in [1.807, 2.05) is 80.3 Å². The lowest BCUT2D eigenvalue weighted by atomic mass is 10.1. The lowest BCUT2D eigenvalue weighted by Crippen LogP contribution is -2.31. The summed E-state index contributed by atoms with van der Waals surface area (Å²) in [5, 5.41) is 0. The first-order valence-corrected chi connectivity index (χ1v) is 8.52. The SMILES string of the molecule is CCN(CC)c1nc(-c2ccc(C)cc2)n(-c2ccccc2)c(=O)n1. The highest BCUT2D eigenvalue weighted by atomic mass is 16.1. The van der Waals surface area contributed by atoms with Crippen molar-refractivity contribution in [2.75, 3.05) is 18.0 Å². The van der Waals surface area contributed by atoms with Gasteiger partial charge in [-0.3, -0.25) is 0 Å². The molecule has 1 aromatic heterocycles. The third-order valence-corrected chi connectivity index (χ3v) is 4.18. The lowest BCUT2D eigenvalue weighted by molar-refractivity contribution is 0.780. The number of para-hydroxylation sites is 1. The van der Waals surface area contributed by atoms with Gasteiger partial charge < -0.3 is 4.90 Å². The molecule has 3 rings (SSSR count). The fourth-order valence-electron chi connectivity index (χ4n) is 2.75. The molecule has 0 saturated carbocycles. The Morgan fingerprint density at radius 3 is 2.16 bits per heavy atom. The van der Waals surface area contributed by atoms with E-state index in [4.69, 9.17) is 4.98 Å². The van der Waals surface area contributed by atoms with Gasteiger partial charge in [-0.05, 0) is 32.9 Å². The van der Waals surface area contributed by atoms with Gasteiger partial charge in [-0.2, -0.15) is 9.97 Å². The summed E-state index contributed by atoms with van der Waals surface area (Å²) in [5.41, 5.74) is 2.49. The molecule has 5 nitrogen and oxygen atoms in total. The summed E-state index contributed by atoms with van der Waals surface area (Å²) in [4.78, 5) is 23.8. The van der Waals surface area contributed by atoms with Gasteiger partial charge in [0.2, 0.25) is 5.95 Å². The Balaban J connectivity index is 2.27. The lowest BCUT2D eigenvalue weighted by Gasteiger charge is -2.20. The number of nitrogens with zero attached hydrogens (tertiary/aromatic N) is 4. The summed E-state index contributed by atoms with van der Waals surface area (Å²) in [6.45, 7) is 7.59. The van der Waals surface area contributed by atoms with Crippen LogP contribution in [0.3, 0.4) is 0 Å². The van der Waals surface area contributed by atoms with Crippen LogP contribution in [0.4, 0.5) is 5.95 Å². The maximum Gasteiger partial charge on any atom is 0.357 e. The molecule has 0 atom stereocenters. The zero-order valence-electron chi connectivity index (χ0n) is 14.8. The van der Waals surface area contributed by atoms with E-state index in [1.54, 1.807) is 4.57 Å². The van der Waals surface area contributed by atoms with E-state index in [2.05, 4.69) is 4.98 Å². The smallest absolute Gasteiger partial charge is 0.341 e. The van der Waals surface area contributed by atoms with Crippen molar-refractivity contribution in [2.24, 2.45) is 0 Å². The molecule has 0 radical (unpaired) electrons. The molecule has 0 bridgehead atoms. The molecule has 0 amide bonds. The maximum absolute atomic E-state index is 12.8. The van der Waals surface area contributed by atoms with E-state index >= 15 is 0 Å². The summed E-state index contributed by atoms with van der Waals surface area (Å²) >= 11 is 0. The number of rotatable bonds is 5. The van der Waals surface area contributed by atoms with Crippen molar-refractivity contribution in [3.63, 3.8) is 0 Å². The molecule has 128 valence electrons. The Morgan fingerprint density at radius 1 is 0.920 bits per heavy atom. The Labute approximate surface area is 147 Å². The van der Waals surface area contributed by atoms with Gasteiger partial charge in [0.1, 0.15) is 0 Å². The molecule has 2 aromatic carbocycles. The third kappa shape index (κ3) is 3.45. The van der Waals surface area contributed by atoms with Crippen LogP contribution >= 0.6 is 0 Å². The topological polar surface area (TPSA) is 51.0 Å². The van der Waals surface area contributed by atoms with Gasteiger partial charge in [0.25, 0.3) is 0 Å². The van der Waals surface area contributed by atoms with Crippen molar-refractivity contribution >= 4 is 5.95 Å². The predicted octanol–water partition coefficient (Wildman–Crippen LogP) is 3.45. The minimum Gasteiger partial charge on any atom is -0.341 e. The monoisotopic (exact) mass is 334 g/mol. The first kappa shape index (κ1) is 16.9. The van der Waals surface area contributed by atoms with Crippen molar-refractivity contribution in [3.05, 3.63) is 70.6 Å². The van der Waals surface area contributed by atoms with Gasteiger partial charge in [0.05, 0.1) is 5.69 Å². The number of aryl methyl sites for hydroxylation is 1. The minimum absolute atomic E-state index is 0.321. The summed E-state index contributed by atoms with van der Waals surface area (Å²) in [6, 6.07) is 17.5. The maximum atomic E-state index is 12.8. The van der Waals surface area contributed by atoms with Crippen LogP contribution in [0.15, 0.2) is 59.4 Å². The molecular weight excluding hydrogens is 312 g/mol. The highest BCUT2D eigenvalue weighted by Gasteiger charge is 2.16. The number of hydrogen-bond acceptors (Lipinski definition) is 4. The summed E-state index contributed by atoms with van der Waals surface area (Å²) in [7, 11) is 0. The number of hydrogen-bond donors (Lipinski definition) is 0. The van der Waals surface area contributed by atoms with Gasteiger partial charge in [-0.15, -0.1) is 0 Å². The van der Waals surface area contributed by atoms with Crippen LogP contribution in [0.25, 0.3) is 17.1 Å². The summed E-state index contributed by atoms with van der Waals surface area (Å²) in [6.07, 6.45) is 0. The number of benzene rings is 2. The second kappa shape index (κ2) is 7.30. The van der Waals surface area contributed by atoms with Crippen LogP contribution < -0.4 is 10.6 Å². The molecule has 5 heteroatoms. The number of anilines is 1. The highest BCUT2D eigenvalue weighted by Crippen LogP contribution is 2.21. The Bertz CT molecular complexity index is 897. The Hall–Kier alpha value is -2.95. The van der Waals surface area contributed by atoms with Crippen LogP contribution in [-0.4, -0.2) is 27.6 Å². The third-order valence-electron chi connectivity index (χ3n) is 4.18. The van der Waals surface area contributed by atoms with Crippen LogP contribution in [0.1, 0.15) is 19.4 Å². The minimum atomic E-state index is -0.321. The van der Waals surface area contributed by atoms with Gasteiger partial charge in [0, 0.05) is 18.7 Å². The largest absolute Gasteiger partial charge is 0.357 e. The van der Waals surface area contributed by atoms with Crippen molar-refractivity contribution < 1.29 is 0 Å². The molecule has 3 aromatic rings. The Morgan fingerprint density at radius 2 is 1.56 bits per heavy atom. The highest BCUT2D eigenvalue weighted by molar-refractivity contribution is 5.60. The van der Waals surface area contributed by atoms with E-state index in [-0.39, 0.29) is 5.69 Å². The van der Waals surface area contributed by atoms with Crippen LogP contribution in [0, 0.1) is 6.92 Å². The van der Waals surface area contributed by atoms with E-state index in [9.17, 15) is 4.79 Å². The quantitative estimate of drug-likeness (QED) is 0.717. The number of aromatic nitrogens is 3. The van der Waals surface area contributed by atoms with Gasteiger partial charge in [-0.1, -0.05) is 48.0 Å². The van der Waals surface area contributed by atoms with Crippen LogP contribution in [0.2, 0.25) is 0 Å². The van der Waals surface area contributed by atoms with Crippen LogP contribution in [0.5, 0.6) is 0 Å². The summed E-state index contributed by atoms with van der Waals surface area (Å²) in [5.74, 6) is 1.07. The normalized spacial score (nSPS) is 10.7. The zero-order chi connectivity index (χ0) is 17.8. The van der Waals surface area contributed by atoms with Crippen molar-refractivity contribution in [1.82, 2.24) is 14.5 Å². The molecule has 0 saturated heterocycles. The van der Waals surface area contributed by atoms with Crippen molar-refractivity contribution in [2.45, 2.75) is 20.8 Å². The Kier molecular flexibility index (Phi) is 4.93. The van der Waals surface area contributed by atoms with Gasteiger partial charge in [0.15, 0.2) is 5.82 Å². The molecule has 0 unspecified atom stereocenters. The first-order valence-electron chi connectivity index (χ1n) is 8.52. The molecule has 0 fully saturated rings. The van der Waals surface area contributed by atoms with E-state index in [0.29, 0.717) is 11.8 Å². The average molecular weight is 334 g/mol. The molecule has 0 aliphatic rings. The molecule has 0 spiro atoms. The fourth-order valence-corrected chi connectivity index (χ4v) is 2.75. The predicted molar refractivity (Wildman–Crippen MR) is 101 cm³/mol. The van der Waals surface area contributed by atoms with Crippen LogP contribution in [-0.2, 0) is 0 Å². The zero-order valence-corrected chi connectivity index (χ0v) is 14.8. The van der Waals surface area contributed by atoms with Gasteiger partial charge in [-0.25, -0.2) is 9.36 Å². The molecule has 0 N–H and O–H groups in total. The standard InChI is InChI=1S/C20H22N4O/c1-4-23(5-2)19-21-18(16-13-11-15(3)12-14-16)24(20(25)22-19)17-9-7-6-8-10-17/h6-14H,4-5H2,1-3H3. The van der Waals surface area contributed by atoms with Crippen molar-refractivity contribution in [3.8, 4) is 17.1 Å². The second-order valence-electron chi connectivity index (χ2n) is 5.84. The fraction of sp³-hybridized carbons (Fsp3) is 0.250. The van der Waals surface area contributed by atoms with E-state index in [1.165, 1.54) is 0 Å². The van der Waals surface area contributed by atoms with Gasteiger partial charge >= 0.3 is 5.69 Å². The first-order chi connectivity index (χ1) is 12.1. The molecule has 0 aliphatic heterocycles. The summed E-state index contributed by atoms with van der Waals surface area (Å²) < 4.78 is 1.57. The molecule has 1 heterocycles. The van der Waals surface area contributed by atoms with E-state index < -0.39 is 0 Å².